The summed E-state index contributed by atoms with van der Waals surface area (Å²) in [5.74, 6) is 1.16. The molecule has 0 spiro atoms. The summed E-state index contributed by atoms with van der Waals surface area (Å²) in [5.41, 5.74) is 0.574. The molecule has 8 nitrogen and oxygen atoms in total. The Bertz CT molecular complexity index is 996. The van der Waals surface area contributed by atoms with Crippen LogP contribution in [0.4, 0.5) is 19.0 Å². The number of anilines is 1. The van der Waals surface area contributed by atoms with Crippen molar-refractivity contribution in [2.45, 2.75) is 12.7 Å². The van der Waals surface area contributed by atoms with E-state index >= 15 is 0 Å². The van der Waals surface area contributed by atoms with Crippen molar-refractivity contribution in [2.24, 2.45) is 12.0 Å². The minimum absolute atomic E-state index is 0.221. The van der Waals surface area contributed by atoms with Gasteiger partial charge in [0.25, 0.3) is 0 Å². The molecule has 0 aliphatic rings. The Morgan fingerprint density at radius 1 is 1.17 bits per heavy atom. The van der Waals surface area contributed by atoms with Crippen molar-refractivity contribution in [3.63, 3.8) is 0 Å². The molecule has 29 heavy (non-hydrogen) atoms. The first kappa shape index (κ1) is 20.4. The second-order valence-electron chi connectivity index (χ2n) is 6.21. The number of nitrogens with one attached hydrogen (secondary N) is 3. The fraction of sp³-hybridized carbons (Fsp3) is 0.333. The Kier molecular flexibility index (Phi) is 6.15. The smallest absolute Gasteiger partial charge is 0.368 e. The van der Waals surface area contributed by atoms with Gasteiger partial charge < -0.3 is 16.0 Å². The summed E-state index contributed by atoms with van der Waals surface area (Å²) in [6, 6.07) is 5.19. The zero-order valence-electron chi connectivity index (χ0n) is 16.0. The molecule has 2 heterocycles. The molecule has 11 heteroatoms. The van der Waals surface area contributed by atoms with E-state index in [9.17, 15) is 13.2 Å². The van der Waals surface area contributed by atoms with Gasteiger partial charge in [-0.05, 0) is 17.7 Å². The number of aliphatic imine (C=N–C) groups is 1. The molecule has 3 rings (SSSR count). The van der Waals surface area contributed by atoms with Gasteiger partial charge in [0, 0.05) is 33.7 Å². The van der Waals surface area contributed by atoms with Crippen molar-refractivity contribution in [1.29, 1.82) is 0 Å². The van der Waals surface area contributed by atoms with Crippen LogP contribution in [0.15, 0.2) is 41.8 Å². The first-order chi connectivity index (χ1) is 13.9. The summed E-state index contributed by atoms with van der Waals surface area (Å²) >= 11 is 0. The Morgan fingerprint density at radius 2 is 2.00 bits per heavy atom. The summed E-state index contributed by atoms with van der Waals surface area (Å²) in [6.45, 7) is 1.29. The summed E-state index contributed by atoms with van der Waals surface area (Å²) in [6.07, 6.45) is -1.20. The normalized spacial score (nSPS) is 12.2. The number of rotatable bonds is 6. The standard InChI is InChI=1S/C18H21F3N8/c1-22-17(25-9-12-4-3-5-13(8-12)18(19,20)21)24-7-6-23-15-14-10-28-29(2)16(14)27-11-26-15/h3-5,8,10-11H,6-7,9H2,1-2H3,(H2,22,24,25)(H,23,26,27). The van der Waals surface area contributed by atoms with Gasteiger partial charge in [0.1, 0.15) is 12.1 Å². The highest BCUT2D eigenvalue weighted by Crippen LogP contribution is 2.29. The molecule has 0 atom stereocenters. The molecule has 2 aromatic heterocycles. The van der Waals surface area contributed by atoms with Gasteiger partial charge in [0.05, 0.1) is 17.1 Å². The fourth-order valence-corrected chi connectivity index (χ4v) is 2.73. The lowest BCUT2D eigenvalue weighted by atomic mass is 10.1. The highest BCUT2D eigenvalue weighted by molar-refractivity contribution is 5.86. The van der Waals surface area contributed by atoms with Crippen LogP contribution in [0.5, 0.6) is 0 Å². The molecule has 3 aromatic rings. The predicted octanol–water partition coefficient (Wildman–Crippen LogP) is 2.16. The molecule has 0 fully saturated rings. The highest BCUT2D eigenvalue weighted by Gasteiger charge is 2.30. The van der Waals surface area contributed by atoms with E-state index in [4.69, 9.17) is 0 Å². The van der Waals surface area contributed by atoms with E-state index < -0.39 is 11.7 Å². The topological polar surface area (TPSA) is 92.1 Å². The van der Waals surface area contributed by atoms with Crippen molar-refractivity contribution in [3.05, 3.63) is 47.9 Å². The van der Waals surface area contributed by atoms with E-state index in [1.54, 1.807) is 31.0 Å². The monoisotopic (exact) mass is 406 g/mol. The molecule has 0 aliphatic heterocycles. The van der Waals surface area contributed by atoms with E-state index in [1.807, 2.05) is 0 Å². The Labute approximate surface area is 165 Å². The molecular weight excluding hydrogens is 385 g/mol. The van der Waals surface area contributed by atoms with E-state index in [1.165, 1.54) is 12.4 Å². The summed E-state index contributed by atoms with van der Waals surface area (Å²) in [4.78, 5) is 12.5. The molecule has 0 saturated carbocycles. The van der Waals surface area contributed by atoms with E-state index in [0.717, 1.165) is 23.2 Å². The average molecular weight is 406 g/mol. The molecule has 0 bridgehead atoms. The lowest BCUT2D eigenvalue weighted by molar-refractivity contribution is -0.137. The molecule has 0 unspecified atom stereocenters. The van der Waals surface area contributed by atoms with Gasteiger partial charge in [-0.15, -0.1) is 0 Å². The number of hydrogen-bond acceptors (Lipinski definition) is 5. The largest absolute Gasteiger partial charge is 0.416 e. The van der Waals surface area contributed by atoms with Crippen LogP contribution in [0.25, 0.3) is 11.0 Å². The molecule has 1 aromatic carbocycles. The fourth-order valence-electron chi connectivity index (χ4n) is 2.73. The molecule has 154 valence electrons. The molecule has 0 radical (unpaired) electrons. The third kappa shape index (κ3) is 5.12. The Balaban J connectivity index is 1.48. The second-order valence-corrected chi connectivity index (χ2v) is 6.21. The Hall–Kier alpha value is -3.37. The van der Waals surface area contributed by atoms with Crippen LogP contribution in [-0.2, 0) is 19.8 Å². The number of alkyl halides is 3. The zero-order chi connectivity index (χ0) is 20.9. The van der Waals surface area contributed by atoms with E-state index in [2.05, 4.69) is 36.0 Å². The van der Waals surface area contributed by atoms with Crippen LogP contribution in [-0.4, -0.2) is 45.8 Å². The second kappa shape index (κ2) is 8.76. The van der Waals surface area contributed by atoms with Gasteiger partial charge >= 0.3 is 6.18 Å². The van der Waals surface area contributed by atoms with Gasteiger partial charge in [-0.1, -0.05) is 12.1 Å². The first-order valence-electron chi connectivity index (χ1n) is 8.85. The number of fused-ring (bicyclic) bond motifs is 1. The number of aromatic nitrogens is 4. The van der Waals surface area contributed by atoms with Gasteiger partial charge in [-0.25, -0.2) is 9.97 Å². The SMILES string of the molecule is CN=C(NCCNc1ncnc2c1cnn2C)NCc1cccc(C(F)(F)F)c1. The molecular formula is C18H21F3N8. The predicted molar refractivity (Wildman–Crippen MR) is 104 cm³/mol. The van der Waals surface area contributed by atoms with Crippen LogP contribution < -0.4 is 16.0 Å². The van der Waals surface area contributed by atoms with Crippen LogP contribution in [0.1, 0.15) is 11.1 Å². The third-order valence-electron chi connectivity index (χ3n) is 4.18. The lowest BCUT2D eigenvalue weighted by Crippen LogP contribution is -2.39. The van der Waals surface area contributed by atoms with Crippen molar-refractivity contribution in [3.8, 4) is 0 Å². The summed E-state index contributed by atoms with van der Waals surface area (Å²) in [5, 5.41) is 14.3. The van der Waals surface area contributed by atoms with Gasteiger partial charge in [-0.3, -0.25) is 9.67 Å². The van der Waals surface area contributed by atoms with Crippen LogP contribution >= 0.6 is 0 Å². The number of nitrogens with zero attached hydrogens (tertiary/aromatic N) is 5. The zero-order valence-corrected chi connectivity index (χ0v) is 16.0. The van der Waals surface area contributed by atoms with Gasteiger partial charge in [0.15, 0.2) is 11.6 Å². The van der Waals surface area contributed by atoms with Crippen molar-refractivity contribution < 1.29 is 13.2 Å². The van der Waals surface area contributed by atoms with Gasteiger partial charge in [-0.2, -0.15) is 18.3 Å². The number of hydrogen-bond donors (Lipinski definition) is 3. The summed E-state index contributed by atoms with van der Waals surface area (Å²) in [7, 11) is 3.40. The van der Waals surface area contributed by atoms with Crippen molar-refractivity contribution in [1.82, 2.24) is 30.4 Å². The quantitative estimate of drug-likeness (QED) is 0.330. The number of aryl methyl sites for hydroxylation is 1. The van der Waals surface area contributed by atoms with Crippen LogP contribution in [0, 0.1) is 0 Å². The molecule has 0 amide bonds. The van der Waals surface area contributed by atoms with Gasteiger partial charge in [0.2, 0.25) is 0 Å². The maximum atomic E-state index is 12.8. The van der Waals surface area contributed by atoms with Crippen molar-refractivity contribution in [2.75, 3.05) is 25.5 Å². The number of benzene rings is 1. The maximum absolute atomic E-state index is 12.8. The highest BCUT2D eigenvalue weighted by atomic mass is 19.4. The minimum atomic E-state index is -4.36. The molecule has 0 aliphatic carbocycles. The number of guanidine groups is 1. The maximum Gasteiger partial charge on any atom is 0.416 e. The third-order valence-corrected chi connectivity index (χ3v) is 4.18. The minimum Gasteiger partial charge on any atom is -0.368 e. The molecule has 3 N–H and O–H groups in total. The summed E-state index contributed by atoms with van der Waals surface area (Å²) < 4.78 is 40.1. The van der Waals surface area contributed by atoms with Crippen LogP contribution in [0.2, 0.25) is 0 Å². The number of halogens is 3. The van der Waals surface area contributed by atoms with E-state index in [0.29, 0.717) is 30.4 Å². The van der Waals surface area contributed by atoms with E-state index in [-0.39, 0.29) is 6.54 Å². The molecule has 0 saturated heterocycles. The average Bonchev–Trinajstić information content (AvgIpc) is 3.09. The Morgan fingerprint density at radius 3 is 2.76 bits per heavy atom. The first-order valence-corrected chi connectivity index (χ1v) is 8.85. The van der Waals surface area contributed by atoms with Crippen LogP contribution in [0.3, 0.4) is 0 Å². The lowest BCUT2D eigenvalue weighted by Gasteiger charge is -2.14. The van der Waals surface area contributed by atoms with Crippen molar-refractivity contribution >= 4 is 22.8 Å².